The van der Waals surface area contributed by atoms with Crippen molar-refractivity contribution in [3.8, 4) is 22.1 Å². The lowest BCUT2D eigenvalue weighted by molar-refractivity contribution is 0.0464. The van der Waals surface area contributed by atoms with Crippen molar-refractivity contribution in [3.05, 3.63) is 64.1 Å². The van der Waals surface area contributed by atoms with Gasteiger partial charge >= 0.3 is 5.97 Å². The zero-order chi connectivity index (χ0) is 18.5. The fraction of sp³-hybridized carbons (Fsp3) is 0.158. The SMILES string of the molecule is COc1cccc(C(=O)OCc2csc(-c3ccc(Cl)cc3)n2)c1OC. The van der Waals surface area contributed by atoms with Crippen LogP contribution in [0.1, 0.15) is 16.1 Å². The average molecular weight is 390 g/mol. The molecule has 0 fully saturated rings. The van der Waals surface area contributed by atoms with Crippen molar-refractivity contribution in [3.63, 3.8) is 0 Å². The number of nitrogens with zero attached hydrogens (tertiary/aromatic N) is 1. The Labute approximate surface area is 160 Å². The third-order valence-corrected chi connectivity index (χ3v) is 4.81. The number of thiazole rings is 1. The Morgan fingerprint density at radius 3 is 2.58 bits per heavy atom. The van der Waals surface area contributed by atoms with Gasteiger partial charge in [0.05, 0.1) is 19.9 Å². The highest BCUT2D eigenvalue weighted by Gasteiger charge is 2.18. The number of aromatic nitrogens is 1. The molecule has 3 aromatic rings. The maximum atomic E-state index is 12.4. The van der Waals surface area contributed by atoms with E-state index in [2.05, 4.69) is 4.98 Å². The van der Waals surface area contributed by atoms with E-state index >= 15 is 0 Å². The standard InChI is InChI=1S/C19H16ClNO4S/c1-23-16-5-3-4-15(17(16)24-2)19(22)25-10-14-11-26-18(21-14)12-6-8-13(20)9-7-12/h3-9,11H,10H2,1-2H3. The van der Waals surface area contributed by atoms with E-state index in [1.54, 1.807) is 18.2 Å². The molecule has 0 unspecified atom stereocenters. The Kier molecular flexibility index (Phi) is 5.75. The normalized spacial score (nSPS) is 10.4. The van der Waals surface area contributed by atoms with Crippen molar-refractivity contribution in [1.82, 2.24) is 4.98 Å². The molecular weight excluding hydrogens is 374 g/mol. The number of hydrogen-bond donors (Lipinski definition) is 0. The summed E-state index contributed by atoms with van der Waals surface area (Å²) in [7, 11) is 2.99. The zero-order valence-corrected chi connectivity index (χ0v) is 15.8. The van der Waals surface area contributed by atoms with Crippen LogP contribution >= 0.6 is 22.9 Å². The molecule has 0 saturated heterocycles. The lowest BCUT2D eigenvalue weighted by atomic mass is 10.2. The second kappa shape index (κ2) is 8.21. The van der Waals surface area contributed by atoms with Gasteiger partial charge in [-0.25, -0.2) is 9.78 Å². The molecule has 5 nitrogen and oxygen atoms in total. The fourth-order valence-corrected chi connectivity index (χ4v) is 3.30. The first kappa shape index (κ1) is 18.2. The highest BCUT2D eigenvalue weighted by atomic mass is 35.5. The predicted octanol–water partition coefficient (Wildman–Crippen LogP) is 4.84. The van der Waals surface area contributed by atoms with E-state index in [4.69, 9.17) is 25.8 Å². The molecule has 0 amide bonds. The molecule has 26 heavy (non-hydrogen) atoms. The number of benzene rings is 2. The fourth-order valence-electron chi connectivity index (χ4n) is 2.36. The van der Waals surface area contributed by atoms with Crippen LogP contribution in [0.3, 0.4) is 0 Å². The molecule has 2 aromatic carbocycles. The molecule has 0 aliphatic carbocycles. The highest BCUT2D eigenvalue weighted by molar-refractivity contribution is 7.13. The molecule has 0 aliphatic rings. The van der Waals surface area contributed by atoms with Gasteiger partial charge in [0.15, 0.2) is 11.5 Å². The molecule has 0 saturated carbocycles. The Balaban J connectivity index is 1.70. The first-order valence-electron chi connectivity index (χ1n) is 7.71. The van der Waals surface area contributed by atoms with Crippen LogP contribution in [-0.2, 0) is 11.3 Å². The summed E-state index contributed by atoms with van der Waals surface area (Å²) in [4.78, 5) is 16.9. The molecule has 0 spiro atoms. The van der Waals surface area contributed by atoms with Crippen LogP contribution in [0.4, 0.5) is 0 Å². The minimum Gasteiger partial charge on any atom is -0.493 e. The van der Waals surface area contributed by atoms with Crippen molar-refractivity contribution in [2.24, 2.45) is 0 Å². The van der Waals surface area contributed by atoms with E-state index in [1.807, 2.05) is 29.6 Å². The van der Waals surface area contributed by atoms with E-state index in [1.165, 1.54) is 25.6 Å². The van der Waals surface area contributed by atoms with Crippen LogP contribution in [0, 0.1) is 0 Å². The Morgan fingerprint density at radius 2 is 1.88 bits per heavy atom. The molecular formula is C19H16ClNO4S. The lowest BCUT2D eigenvalue weighted by Gasteiger charge is -2.11. The van der Waals surface area contributed by atoms with Crippen molar-refractivity contribution in [2.45, 2.75) is 6.61 Å². The number of para-hydroxylation sites is 1. The summed E-state index contributed by atoms with van der Waals surface area (Å²) in [6.07, 6.45) is 0. The van der Waals surface area contributed by atoms with Crippen molar-refractivity contribution < 1.29 is 19.0 Å². The van der Waals surface area contributed by atoms with E-state index in [9.17, 15) is 4.79 Å². The van der Waals surface area contributed by atoms with Gasteiger partial charge in [0.2, 0.25) is 0 Å². The second-order valence-corrected chi connectivity index (χ2v) is 6.56. The number of halogens is 1. The Hall–Kier alpha value is -2.57. The first-order valence-corrected chi connectivity index (χ1v) is 8.96. The van der Waals surface area contributed by atoms with Crippen molar-refractivity contribution in [1.29, 1.82) is 0 Å². The largest absolute Gasteiger partial charge is 0.493 e. The summed E-state index contributed by atoms with van der Waals surface area (Å²) in [6.45, 7) is 0.0727. The molecule has 3 rings (SSSR count). The molecule has 0 N–H and O–H groups in total. The lowest BCUT2D eigenvalue weighted by Crippen LogP contribution is -2.08. The summed E-state index contributed by atoms with van der Waals surface area (Å²) in [5.74, 6) is 0.322. The van der Waals surface area contributed by atoms with Crippen LogP contribution in [-0.4, -0.2) is 25.2 Å². The molecule has 1 heterocycles. The van der Waals surface area contributed by atoms with E-state index in [0.717, 1.165) is 10.6 Å². The van der Waals surface area contributed by atoms with Gasteiger partial charge in [-0.15, -0.1) is 11.3 Å². The molecule has 0 bridgehead atoms. The number of ether oxygens (including phenoxy) is 3. The highest BCUT2D eigenvalue weighted by Crippen LogP contribution is 2.31. The Bertz CT molecular complexity index is 908. The quantitative estimate of drug-likeness (QED) is 0.565. The molecule has 1 aromatic heterocycles. The predicted molar refractivity (Wildman–Crippen MR) is 101 cm³/mol. The number of hydrogen-bond acceptors (Lipinski definition) is 6. The zero-order valence-electron chi connectivity index (χ0n) is 14.2. The number of rotatable bonds is 6. The van der Waals surface area contributed by atoms with Gasteiger partial charge in [0.25, 0.3) is 0 Å². The molecule has 134 valence electrons. The third kappa shape index (κ3) is 3.98. The van der Waals surface area contributed by atoms with E-state index in [0.29, 0.717) is 27.8 Å². The van der Waals surface area contributed by atoms with Crippen LogP contribution in [0.2, 0.25) is 5.02 Å². The average Bonchev–Trinajstić information content (AvgIpc) is 3.14. The van der Waals surface area contributed by atoms with Crippen LogP contribution in [0.15, 0.2) is 47.8 Å². The van der Waals surface area contributed by atoms with Crippen molar-refractivity contribution in [2.75, 3.05) is 14.2 Å². The van der Waals surface area contributed by atoms with Crippen LogP contribution in [0.25, 0.3) is 10.6 Å². The summed E-state index contributed by atoms with van der Waals surface area (Å²) >= 11 is 7.38. The summed E-state index contributed by atoms with van der Waals surface area (Å²) in [5, 5.41) is 3.37. The topological polar surface area (TPSA) is 57.7 Å². The maximum absolute atomic E-state index is 12.4. The van der Waals surface area contributed by atoms with Gasteiger partial charge in [-0.3, -0.25) is 0 Å². The smallest absolute Gasteiger partial charge is 0.342 e. The maximum Gasteiger partial charge on any atom is 0.342 e. The van der Waals surface area contributed by atoms with Gasteiger partial charge in [-0.05, 0) is 24.3 Å². The molecule has 7 heteroatoms. The minimum atomic E-state index is -0.498. The first-order chi connectivity index (χ1) is 12.6. The number of methoxy groups -OCH3 is 2. The molecule has 0 radical (unpaired) electrons. The van der Waals surface area contributed by atoms with E-state index < -0.39 is 5.97 Å². The van der Waals surface area contributed by atoms with Gasteiger partial charge < -0.3 is 14.2 Å². The summed E-state index contributed by atoms with van der Waals surface area (Å²) < 4.78 is 15.8. The number of carbonyl (C=O) groups excluding carboxylic acids is 1. The van der Waals surface area contributed by atoms with Gasteiger partial charge in [-0.1, -0.05) is 29.8 Å². The summed E-state index contributed by atoms with van der Waals surface area (Å²) in [5.41, 5.74) is 1.95. The van der Waals surface area contributed by atoms with Crippen LogP contribution in [0.5, 0.6) is 11.5 Å². The van der Waals surface area contributed by atoms with E-state index in [-0.39, 0.29) is 6.61 Å². The minimum absolute atomic E-state index is 0.0727. The van der Waals surface area contributed by atoms with Crippen molar-refractivity contribution >= 4 is 28.9 Å². The number of carbonyl (C=O) groups is 1. The monoisotopic (exact) mass is 389 g/mol. The van der Waals surface area contributed by atoms with Gasteiger partial charge in [0, 0.05) is 16.0 Å². The van der Waals surface area contributed by atoms with Gasteiger partial charge in [-0.2, -0.15) is 0 Å². The Morgan fingerprint density at radius 1 is 1.12 bits per heavy atom. The second-order valence-electron chi connectivity index (χ2n) is 5.27. The summed E-state index contributed by atoms with van der Waals surface area (Å²) in [6, 6.07) is 12.5. The molecule has 0 atom stereocenters. The van der Waals surface area contributed by atoms with Gasteiger partial charge in [0.1, 0.15) is 17.2 Å². The molecule has 0 aliphatic heterocycles. The van der Waals surface area contributed by atoms with Crippen LogP contribution < -0.4 is 9.47 Å². The third-order valence-electron chi connectivity index (χ3n) is 3.62. The number of esters is 1.